The van der Waals surface area contributed by atoms with Gasteiger partial charge in [0.15, 0.2) is 5.82 Å². The van der Waals surface area contributed by atoms with Gasteiger partial charge in [-0.3, -0.25) is 4.21 Å². The molecule has 0 radical (unpaired) electrons. The van der Waals surface area contributed by atoms with Crippen LogP contribution in [-0.2, 0) is 30.1 Å². The monoisotopic (exact) mass is 452 g/mol. The quantitative estimate of drug-likeness (QED) is 0.710. The molecule has 0 aromatic carbocycles. The number of rotatable bonds is 5. The molecule has 1 atom stereocenters. The fraction of sp³-hybridized carbons (Fsp3) is 0.565. The SMILES string of the molecule is O=[S@]1CCCc2nc(N3CC=C(c4ncc5c(n4)CC5)CC3)nc(NC3(CO)CCC3)c21. The van der Waals surface area contributed by atoms with Gasteiger partial charge in [0.1, 0.15) is 10.7 Å². The summed E-state index contributed by atoms with van der Waals surface area (Å²) in [4.78, 5) is 21.9. The van der Waals surface area contributed by atoms with Crippen molar-refractivity contribution < 1.29 is 9.32 Å². The van der Waals surface area contributed by atoms with Crippen LogP contribution in [-0.4, -0.2) is 60.2 Å². The topological polar surface area (TPSA) is 104 Å². The zero-order valence-electron chi connectivity index (χ0n) is 18.1. The molecule has 2 N–H and O–H groups in total. The van der Waals surface area contributed by atoms with Crippen molar-refractivity contribution in [1.82, 2.24) is 19.9 Å². The molecule has 0 unspecified atom stereocenters. The van der Waals surface area contributed by atoms with Crippen LogP contribution in [0.4, 0.5) is 11.8 Å². The highest BCUT2D eigenvalue weighted by molar-refractivity contribution is 7.85. The molecule has 0 saturated heterocycles. The first-order valence-electron chi connectivity index (χ1n) is 11.6. The molecule has 2 aromatic heterocycles. The number of nitrogens with one attached hydrogen (secondary N) is 1. The molecule has 2 aliphatic carbocycles. The van der Waals surface area contributed by atoms with E-state index in [4.69, 9.17) is 15.0 Å². The molecule has 6 rings (SSSR count). The van der Waals surface area contributed by atoms with Gasteiger partial charge in [0.25, 0.3) is 0 Å². The summed E-state index contributed by atoms with van der Waals surface area (Å²) in [6, 6.07) is 0. The molecule has 1 saturated carbocycles. The largest absolute Gasteiger partial charge is 0.394 e. The second-order valence-electron chi connectivity index (χ2n) is 9.31. The van der Waals surface area contributed by atoms with Crippen molar-refractivity contribution in [3.05, 3.63) is 35.0 Å². The van der Waals surface area contributed by atoms with Crippen molar-refractivity contribution in [3.63, 3.8) is 0 Å². The van der Waals surface area contributed by atoms with E-state index >= 15 is 0 Å². The first-order valence-corrected chi connectivity index (χ1v) is 12.9. The molecule has 0 spiro atoms. The van der Waals surface area contributed by atoms with Gasteiger partial charge in [0.05, 0.1) is 28.6 Å². The van der Waals surface area contributed by atoms with Crippen molar-refractivity contribution in [2.75, 3.05) is 35.7 Å². The summed E-state index contributed by atoms with van der Waals surface area (Å²) in [6.45, 7) is 1.55. The minimum Gasteiger partial charge on any atom is -0.394 e. The number of aryl methyl sites for hydroxylation is 3. The average molecular weight is 453 g/mol. The molecule has 32 heavy (non-hydrogen) atoms. The van der Waals surface area contributed by atoms with Gasteiger partial charge in [-0.1, -0.05) is 6.08 Å². The molecule has 0 bridgehead atoms. The van der Waals surface area contributed by atoms with Crippen LogP contribution >= 0.6 is 0 Å². The van der Waals surface area contributed by atoms with Gasteiger partial charge in [-0.2, -0.15) is 4.98 Å². The highest BCUT2D eigenvalue weighted by Crippen LogP contribution is 2.38. The van der Waals surface area contributed by atoms with Crippen molar-refractivity contribution in [1.29, 1.82) is 0 Å². The Kier molecular flexibility index (Phi) is 4.98. The van der Waals surface area contributed by atoms with Crippen molar-refractivity contribution in [3.8, 4) is 0 Å². The van der Waals surface area contributed by atoms with Crippen molar-refractivity contribution in [2.45, 2.75) is 61.8 Å². The third kappa shape index (κ3) is 3.42. The lowest BCUT2D eigenvalue weighted by Gasteiger charge is -2.42. The number of nitrogens with zero attached hydrogens (tertiary/aromatic N) is 5. The van der Waals surface area contributed by atoms with Crippen LogP contribution in [0.3, 0.4) is 0 Å². The van der Waals surface area contributed by atoms with E-state index in [0.717, 1.165) is 74.3 Å². The lowest BCUT2D eigenvalue weighted by atomic mass is 9.77. The summed E-state index contributed by atoms with van der Waals surface area (Å²) in [6.07, 6.45) is 11.7. The third-order valence-electron chi connectivity index (χ3n) is 7.26. The van der Waals surface area contributed by atoms with Crippen molar-refractivity contribution >= 4 is 28.1 Å². The van der Waals surface area contributed by atoms with Crippen LogP contribution < -0.4 is 10.2 Å². The Bertz CT molecular complexity index is 1120. The number of fused-ring (bicyclic) bond motifs is 2. The molecule has 4 heterocycles. The molecular weight excluding hydrogens is 424 g/mol. The minimum atomic E-state index is -1.10. The smallest absolute Gasteiger partial charge is 0.227 e. The predicted octanol–water partition coefficient (Wildman–Crippen LogP) is 2.04. The molecule has 0 amide bonds. The van der Waals surface area contributed by atoms with E-state index in [1.54, 1.807) is 0 Å². The summed E-state index contributed by atoms with van der Waals surface area (Å²) in [7, 11) is -1.10. The number of aromatic nitrogens is 4. The van der Waals surface area contributed by atoms with Crippen LogP contribution in [0.15, 0.2) is 17.2 Å². The molecule has 8 nitrogen and oxygen atoms in total. The lowest BCUT2D eigenvalue weighted by Crippen LogP contribution is -2.49. The van der Waals surface area contributed by atoms with Gasteiger partial charge in [0, 0.05) is 30.7 Å². The Morgan fingerprint density at radius 1 is 1.09 bits per heavy atom. The third-order valence-corrected chi connectivity index (χ3v) is 8.80. The number of hydrogen-bond donors (Lipinski definition) is 2. The van der Waals surface area contributed by atoms with Gasteiger partial charge >= 0.3 is 0 Å². The van der Waals surface area contributed by atoms with E-state index in [1.165, 1.54) is 16.8 Å². The Morgan fingerprint density at radius 3 is 2.66 bits per heavy atom. The number of aliphatic hydroxyl groups excluding tert-OH is 1. The van der Waals surface area contributed by atoms with Crippen LogP contribution in [0.5, 0.6) is 0 Å². The Balaban J connectivity index is 1.29. The molecule has 168 valence electrons. The molecule has 9 heteroatoms. The summed E-state index contributed by atoms with van der Waals surface area (Å²) >= 11 is 0. The lowest BCUT2D eigenvalue weighted by molar-refractivity contribution is 0.143. The van der Waals surface area contributed by atoms with E-state index in [9.17, 15) is 9.32 Å². The number of anilines is 2. The zero-order valence-corrected chi connectivity index (χ0v) is 19.0. The molecular formula is C23H28N6O2S. The number of aliphatic hydroxyl groups is 1. The maximum atomic E-state index is 12.8. The predicted molar refractivity (Wildman–Crippen MR) is 123 cm³/mol. The summed E-state index contributed by atoms with van der Waals surface area (Å²) in [5.41, 5.74) is 4.19. The first kappa shape index (κ1) is 20.2. The standard InChI is InChI=1S/C23H28N6O2S/c30-14-23(8-2-9-23)28-21-19-18(3-1-12-32(19)31)26-22(27-21)29-10-6-15(7-11-29)20-24-13-16-4-5-17(16)25-20/h6,13,30H,1-5,7-12,14H2,(H,26,27,28)/t32-/m0/s1. The van der Waals surface area contributed by atoms with Crippen LogP contribution in [0, 0.1) is 0 Å². The van der Waals surface area contributed by atoms with Gasteiger partial charge < -0.3 is 15.3 Å². The average Bonchev–Trinajstić information content (AvgIpc) is 2.77. The molecule has 1 fully saturated rings. The van der Waals surface area contributed by atoms with E-state index in [0.29, 0.717) is 24.1 Å². The Morgan fingerprint density at radius 2 is 2.00 bits per heavy atom. The zero-order chi connectivity index (χ0) is 21.7. The van der Waals surface area contributed by atoms with Crippen LogP contribution in [0.1, 0.15) is 54.9 Å². The fourth-order valence-corrected chi connectivity index (χ4v) is 6.25. The summed E-state index contributed by atoms with van der Waals surface area (Å²) < 4.78 is 12.8. The Labute approximate surface area is 190 Å². The van der Waals surface area contributed by atoms with Gasteiger partial charge in [0.2, 0.25) is 5.95 Å². The molecule has 2 aliphatic heterocycles. The highest BCUT2D eigenvalue weighted by Gasteiger charge is 2.38. The van der Waals surface area contributed by atoms with E-state index in [1.807, 2.05) is 6.20 Å². The summed E-state index contributed by atoms with van der Waals surface area (Å²) in [5.74, 6) is 2.82. The molecule has 2 aromatic rings. The maximum Gasteiger partial charge on any atom is 0.227 e. The van der Waals surface area contributed by atoms with Crippen molar-refractivity contribution in [2.24, 2.45) is 0 Å². The second-order valence-corrected chi connectivity index (χ2v) is 10.8. The summed E-state index contributed by atoms with van der Waals surface area (Å²) in [5, 5.41) is 13.4. The second kappa shape index (κ2) is 7.88. The Hall–Kier alpha value is -2.39. The van der Waals surface area contributed by atoms with E-state index in [-0.39, 0.29) is 12.1 Å². The van der Waals surface area contributed by atoms with E-state index in [2.05, 4.69) is 21.3 Å². The van der Waals surface area contributed by atoms with Gasteiger partial charge in [-0.15, -0.1) is 0 Å². The molecule has 4 aliphatic rings. The van der Waals surface area contributed by atoms with Crippen LogP contribution in [0.2, 0.25) is 0 Å². The normalized spacial score (nSPS) is 23.3. The minimum absolute atomic E-state index is 0.0599. The fourth-order valence-electron chi connectivity index (χ4n) is 4.92. The first-order chi connectivity index (χ1) is 15.6. The van der Waals surface area contributed by atoms with E-state index < -0.39 is 10.8 Å². The highest BCUT2D eigenvalue weighted by atomic mass is 32.2. The van der Waals surface area contributed by atoms with Gasteiger partial charge in [-0.25, -0.2) is 15.0 Å². The maximum absolute atomic E-state index is 12.8. The van der Waals surface area contributed by atoms with Crippen LogP contribution in [0.25, 0.3) is 5.57 Å². The number of hydrogen-bond acceptors (Lipinski definition) is 8. The van der Waals surface area contributed by atoms with Gasteiger partial charge in [-0.05, 0) is 62.5 Å².